The lowest BCUT2D eigenvalue weighted by Crippen LogP contribution is -2.48. The van der Waals surface area contributed by atoms with Crippen molar-refractivity contribution >= 4 is 11.8 Å². The van der Waals surface area contributed by atoms with Crippen LogP contribution in [0.25, 0.3) is 0 Å². The molecule has 1 N–H and O–H groups in total. The van der Waals surface area contributed by atoms with E-state index in [1.54, 1.807) is 0 Å². The zero-order valence-corrected chi connectivity index (χ0v) is 15.0. The summed E-state index contributed by atoms with van der Waals surface area (Å²) < 4.78 is 0. The highest BCUT2D eigenvalue weighted by Gasteiger charge is 2.26. The largest absolute Gasteiger partial charge is 0.353 e. The van der Waals surface area contributed by atoms with Gasteiger partial charge in [0.2, 0.25) is 11.8 Å². The van der Waals surface area contributed by atoms with E-state index in [0.29, 0.717) is 6.42 Å². The summed E-state index contributed by atoms with van der Waals surface area (Å²) in [4.78, 5) is 26.5. The number of benzene rings is 1. The highest BCUT2D eigenvalue weighted by atomic mass is 16.2. The Morgan fingerprint density at radius 3 is 2.33 bits per heavy atom. The number of likely N-dealkylation sites (tertiary alicyclic amines) is 1. The van der Waals surface area contributed by atoms with E-state index in [1.165, 1.54) is 5.56 Å². The molecule has 2 rings (SSSR count). The molecular weight excluding hydrogens is 300 g/mol. The summed E-state index contributed by atoms with van der Waals surface area (Å²) >= 11 is 0. The van der Waals surface area contributed by atoms with E-state index < -0.39 is 0 Å². The van der Waals surface area contributed by atoms with Gasteiger partial charge in [0, 0.05) is 31.5 Å². The third kappa shape index (κ3) is 5.36. The first kappa shape index (κ1) is 18.5. The fourth-order valence-corrected chi connectivity index (χ4v) is 3.34. The van der Waals surface area contributed by atoms with Crippen LogP contribution in [0.2, 0.25) is 0 Å². The minimum absolute atomic E-state index is 0.114. The molecule has 0 aliphatic carbocycles. The second-order valence-corrected chi connectivity index (χ2v) is 6.67. The number of amides is 2. The standard InChI is InChI=1S/C20H30N2O2/c1-3-17(4-2)20(24)22-14-12-18(13-15-22)21-19(23)11-10-16-8-6-5-7-9-16/h5-9,17-18H,3-4,10-15H2,1-2H3,(H,21,23). The van der Waals surface area contributed by atoms with Crippen molar-refractivity contribution in [3.05, 3.63) is 35.9 Å². The van der Waals surface area contributed by atoms with Crippen LogP contribution in [-0.4, -0.2) is 35.8 Å². The van der Waals surface area contributed by atoms with Gasteiger partial charge >= 0.3 is 0 Å². The number of carbonyl (C=O) groups is 2. The Kier molecular flexibility index (Phi) is 7.29. The number of carbonyl (C=O) groups excluding carboxylic acids is 2. The molecule has 1 fully saturated rings. The van der Waals surface area contributed by atoms with Crippen LogP contribution in [0.3, 0.4) is 0 Å². The second-order valence-electron chi connectivity index (χ2n) is 6.67. The molecule has 0 spiro atoms. The minimum atomic E-state index is 0.114. The van der Waals surface area contributed by atoms with E-state index in [-0.39, 0.29) is 23.8 Å². The summed E-state index contributed by atoms with van der Waals surface area (Å²) in [6.45, 7) is 5.68. The zero-order chi connectivity index (χ0) is 17.4. The molecule has 0 aromatic heterocycles. The van der Waals surface area contributed by atoms with Gasteiger partial charge in [0.1, 0.15) is 0 Å². The van der Waals surface area contributed by atoms with Crippen LogP contribution < -0.4 is 5.32 Å². The van der Waals surface area contributed by atoms with E-state index in [0.717, 1.165) is 45.2 Å². The molecule has 132 valence electrons. The fraction of sp³-hybridized carbons (Fsp3) is 0.600. The molecule has 4 heteroatoms. The Balaban J connectivity index is 1.70. The average Bonchev–Trinajstić information content (AvgIpc) is 2.62. The first-order valence-electron chi connectivity index (χ1n) is 9.26. The number of hydrogen-bond acceptors (Lipinski definition) is 2. The Hall–Kier alpha value is -1.84. The van der Waals surface area contributed by atoms with Crippen LogP contribution in [0, 0.1) is 5.92 Å². The SMILES string of the molecule is CCC(CC)C(=O)N1CCC(NC(=O)CCc2ccccc2)CC1. The molecule has 1 heterocycles. The highest BCUT2D eigenvalue weighted by Crippen LogP contribution is 2.17. The summed E-state index contributed by atoms with van der Waals surface area (Å²) in [5, 5.41) is 3.13. The number of rotatable bonds is 7. The van der Waals surface area contributed by atoms with E-state index in [1.807, 2.05) is 23.1 Å². The molecule has 0 unspecified atom stereocenters. The van der Waals surface area contributed by atoms with Gasteiger partial charge in [-0.2, -0.15) is 0 Å². The fourth-order valence-electron chi connectivity index (χ4n) is 3.34. The van der Waals surface area contributed by atoms with Crippen molar-refractivity contribution in [1.29, 1.82) is 0 Å². The van der Waals surface area contributed by atoms with Gasteiger partial charge in [-0.1, -0.05) is 44.2 Å². The van der Waals surface area contributed by atoms with Crippen LogP contribution in [0.1, 0.15) is 51.5 Å². The molecule has 4 nitrogen and oxygen atoms in total. The maximum atomic E-state index is 12.4. The number of nitrogens with zero attached hydrogens (tertiary/aromatic N) is 1. The number of nitrogens with one attached hydrogen (secondary N) is 1. The molecule has 2 amide bonds. The zero-order valence-electron chi connectivity index (χ0n) is 15.0. The van der Waals surface area contributed by atoms with Gasteiger partial charge in [0.05, 0.1) is 0 Å². The Morgan fingerprint density at radius 2 is 1.75 bits per heavy atom. The van der Waals surface area contributed by atoms with Crippen LogP contribution in [0.5, 0.6) is 0 Å². The highest BCUT2D eigenvalue weighted by molar-refractivity contribution is 5.79. The normalized spacial score (nSPS) is 15.5. The van der Waals surface area contributed by atoms with Crippen molar-refractivity contribution < 1.29 is 9.59 Å². The molecule has 0 radical (unpaired) electrons. The van der Waals surface area contributed by atoms with E-state index in [9.17, 15) is 9.59 Å². The Labute approximate surface area is 145 Å². The Morgan fingerprint density at radius 1 is 1.12 bits per heavy atom. The van der Waals surface area contributed by atoms with Crippen molar-refractivity contribution in [2.24, 2.45) is 5.92 Å². The maximum absolute atomic E-state index is 12.4. The van der Waals surface area contributed by atoms with Crippen molar-refractivity contribution in [2.45, 2.75) is 58.4 Å². The van der Waals surface area contributed by atoms with E-state index in [2.05, 4.69) is 31.3 Å². The topological polar surface area (TPSA) is 49.4 Å². The quantitative estimate of drug-likeness (QED) is 0.835. The summed E-state index contributed by atoms with van der Waals surface area (Å²) in [6, 6.07) is 10.3. The third-order valence-electron chi connectivity index (χ3n) is 4.99. The number of aryl methyl sites for hydroxylation is 1. The van der Waals surface area contributed by atoms with Crippen molar-refractivity contribution in [3.63, 3.8) is 0 Å². The van der Waals surface area contributed by atoms with Crippen LogP contribution in [0.4, 0.5) is 0 Å². The van der Waals surface area contributed by atoms with Crippen molar-refractivity contribution in [2.75, 3.05) is 13.1 Å². The third-order valence-corrected chi connectivity index (χ3v) is 4.99. The van der Waals surface area contributed by atoms with Crippen LogP contribution in [-0.2, 0) is 16.0 Å². The predicted molar refractivity (Wildman–Crippen MR) is 96.6 cm³/mol. The molecule has 1 aromatic carbocycles. The number of piperidine rings is 1. The van der Waals surface area contributed by atoms with Crippen molar-refractivity contribution in [3.8, 4) is 0 Å². The van der Waals surface area contributed by atoms with Crippen LogP contribution >= 0.6 is 0 Å². The molecular formula is C20H30N2O2. The number of hydrogen-bond donors (Lipinski definition) is 1. The molecule has 1 aliphatic heterocycles. The molecule has 0 saturated carbocycles. The van der Waals surface area contributed by atoms with Gasteiger partial charge in [-0.25, -0.2) is 0 Å². The van der Waals surface area contributed by atoms with E-state index in [4.69, 9.17) is 0 Å². The van der Waals surface area contributed by atoms with Gasteiger partial charge in [-0.05, 0) is 37.7 Å². The molecule has 0 bridgehead atoms. The van der Waals surface area contributed by atoms with Crippen LogP contribution in [0.15, 0.2) is 30.3 Å². The second kappa shape index (κ2) is 9.45. The lowest BCUT2D eigenvalue weighted by molar-refractivity contribution is -0.137. The minimum Gasteiger partial charge on any atom is -0.353 e. The monoisotopic (exact) mass is 330 g/mol. The van der Waals surface area contributed by atoms with E-state index >= 15 is 0 Å². The summed E-state index contributed by atoms with van der Waals surface area (Å²) in [7, 11) is 0. The smallest absolute Gasteiger partial charge is 0.225 e. The first-order chi connectivity index (χ1) is 11.6. The van der Waals surface area contributed by atoms with Crippen molar-refractivity contribution in [1.82, 2.24) is 10.2 Å². The molecule has 24 heavy (non-hydrogen) atoms. The molecule has 0 atom stereocenters. The van der Waals surface area contributed by atoms with Gasteiger partial charge in [0.25, 0.3) is 0 Å². The average molecular weight is 330 g/mol. The summed E-state index contributed by atoms with van der Waals surface area (Å²) in [5.74, 6) is 0.555. The lowest BCUT2D eigenvalue weighted by Gasteiger charge is -2.34. The molecule has 1 aliphatic rings. The molecule has 1 saturated heterocycles. The van der Waals surface area contributed by atoms with Gasteiger partial charge in [-0.15, -0.1) is 0 Å². The predicted octanol–water partition coefficient (Wildman–Crippen LogP) is 3.16. The lowest BCUT2D eigenvalue weighted by atomic mass is 9.98. The van der Waals surface area contributed by atoms with Gasteiger partial charge in [0.15, 0.2) is 0 Å². The Bertz CT molecular complexity index is 518. The summed E-state index contributed by atoms with van der Waals surface area (Å²) in [5.41, 5.74) is 1.19. The summed E-state index contributed by atoms with van der Waals surface area (Å²) in [6.07, 6.45) is 4.85. The van der Waals surface area contributed by atoms with Gasteiger partial charge in [-0.3, -0.25) is 9.59 Å². The molecule has 1 aromatic rings. The maximum Gasteiger partial charge on any atom is 0.225 e. The first-order valence-corrected chi connectivity index (χ1v) is 9.26. The van der Waals surface area contributed by atoms with Gasteiger partial charge < -0.3 is 10.2 Å².